The van der Waals surface area contributed by atoms with E-state index in [0.717, 1.165) is 12.1 Å². The molecule has 1 aromatic heterocycles. The van der Waals surface area contributed by atoms with E-state index in [4.69, 9.17) is 5.11 Å². The number of para-hydroxylation sites is 1. The maximum atomic E-state index is 13.3. The summed E-state index contributed by atoms with van der Waals surface area (Å²) in [5.41, 5.74) is -0.621. The number of aromatic nitrogens is 2. The zero-order valence-corrected chi connectivity index (χ0v) is 8.89. The minimum absolute atomic E-state index is 0.0454. The molecule has 0 radical (unpaired) electrons. The number of hydrogen-bond donors (Lipinski definition) is 2. The van der Waals surface area contributed by atoms with Crippen LogP contribution in [0, 0.1) is 11.6 Å². The second-order valence-corrected chi connectivity index (χ2v) is 3.33. The van der Waals surface area contributed by atoms with Crippen molar-refractivity contribution in [2.45, 2.75) is 0 Å². The van der Waals surface area contributed by atoms with Crippen LogP contribution in [-0.4, -0.2) is 21.3 Å². The SMILES string of the molecule is O=C(O)c1ccc(Nc2c(F)cccc2F)nn1. The summed E-state index contributed by atoms with van der Waals surface area (Å²) < 4.78 is 26.6. The largest absolute Gasteiger partial charge is 0.476 e. The van der Waals surface area contributed by atoms with E-state index in [9.17, 15) is 13.6 Å². The highest BCUT2D eigenvalue weighted by atomic mass is 19.1. The molecular weight excluding hydrogens is 244 g/mol. The number of rotatable bonds is 3. The number of hydrogen-bond acceptors (Lipinski definition) is 4. The van der Waals surface area contributed by atoms with E-state index in [1.807, 2.05) is 0 Å². The Morgan fingerprint density at radius 1 is 1.11 bits per heavy atom. The minimum Gasteiger partial charge on any atom is -0.476 e. The molecule has 1 heterocycles. The van der Waals surface area contributed by atoms with Gasteiger partial charge in [0, 0.05) is 0 Å². The average molecular weight is 251 g/mol. The molecule has 0 saturated heterocycles. The third-order valence-corrected chi connectivity index (χ3v) is 2.10. The van der Waals surface area contributed by atoms with Crippen molar-refractivity contribution in [1.29, 1.82) is 0 Å². The smallest absolute Gasteiger partial charge is 0.356 e. The highest BCUT2D eigenvalue weighted by molar-refractivity contribution is 5.85. The lowest BCUT2D eigenvalue weighted by Gasteiger charge is -2.06. The van der Waals surface area contributed by atoms with Gasteiger partial charge in [0.25, 0.3) is 0 Å². The zero-order valence-electron chi connectivity index (χ0n) is 8.89. The first-order valence-electron chi connectivity index (χ1n) is 4.86. The van der Waals surface area contributed by atoms with E-state index in [1.54, 1.807) is 0 Å². The van der Waals surface area contributed by atoms with Crippen molar-refractivity contribution >= 4 is 17.5 Å². The van der Waals surface area contributed by atoms with Crippen LogP contribution in [0.2, 0.25) is 0 Å². The van der Waals surface area contributed by atoms with Crippen LogP contribution in [0.4, 0.5) is 20.3 Å². The average Bonchev–Trinajstić information content (AvgIpc) is 2.34. The van der Waals surface area contributed by atoms with Gasteiger partial charge in [-0.25, -0.2) is 13.6 Å². The molecule has 0 bridgehead atoms. The molecule has 0 aliphatic heterocycles. The van der Waals surface area contributed by atoms with Gasteiger partial charge in [0.05, 0.1) is 0 Å². The van der Waals surface area contributed by atoms with Crippen molar-refractivity contribution in [2.24, 2.45) is 0 Å². The molecule has 0 spiro atoms. The van der Waals surface area contributed by atoms with Crippen LogP contribution >= 0.6 is 0 Å². The van der Waals surface area contributed by atoms with Gasteiger partial charge in [0.1, 0.15) is 17.3 Å². The molecule has 7 heteroatoms. The van der Waals surface area contributed by atoms with Gasteiger partial charge in [-0.3, -0.25) is 0 Å². The Balaban J connectivity index is 2.26. The lowest BCUT2D eigenvalue weighted by molar-refractivity contribution is 0.0689. The van der Waals surface area contributed by atoms with Crippen molar-refractivity contribution in [1.82, 2.24) is 10.2 Å². The summed E-state index contributed by atoms with van der Waals surface area (Å²) in [5, 5.41) is 17.9. The third kappa shape index (κ3) is 2.40. The predicted octanol–water partition coefficient (Wildman–Crippen LogP) is 2.20. The number of halogens is 2. The van der Waals surface area contributed by atoms with Gasteiger partial charge in [-0.05, 0) is 24.3 Å². The van der Waals surface area contributed by atoms with Crippen molar-refractivity contribution in [3.8, 4) is 0 Å². The highest BCUT2D eigenvalue weighted by Crippen LogP contribution is 2.21. The molecule has 0 unspecified atom stereocenters. The third-order valence-electron chi connectivity index (χ3n) is 2.10. The molecule has 0 amide bonds. The number of carbonyl (C=O) groups is 1. The summed E-state index contributed by atoms with van der Waals surface area (Å²) in [6.07, 6.45) is 0. The Morgan fingerprint density at radius 2 is 1.78 bits per heavy atom. The number of carboxylic acids is 1. The number of aromatic carboxylic acids is 1. The first-order valence-corrected chi connectivity index (χ1v) is 4.86. The van der Waals surface area contributed by atoms with Gasteiger partial charge >= 0.3 is 5.97 Å². The Labute approximate surface area is 100 Å². The summed E-state index contributed by atoms with van der Waals surface area (Å²) in [5.74, 6) is -2.74. The first kappa shape index (κ1) is 11.9. The van der Waals surface area contributed by atoms with E-state index < -0.39 is 17.6 Å². The molecule has 18 heavy (non-hydrogen) atoms. The van der Waals surface area contributed by atoms with E-state index in [-0.39, 0.29) is 17.2 Å². The van der Waals surface area contributed by atoms with Crippen LogP contribution in [0.3, 0.4) is 0 Å². The summed E-state index contributed by atoms with van der Waals surface area (Å²) in [4.78, 5) is 10.5. The molecular formula is C11H7F2N3O2. The van der Waals surface area contributed by atoms with Crippen LogP contribution in [0.1, 0.15) is 10.5 Å². The quantitative estimate of drug-likeness (QED) is 0.874. The van der Waals surface area contributed by atoms with Gasteiger partial charge in [-0.2, -0.15) is 0 Å². The van der Waals surface area contributed by atoms with Gasteiger partial charge in [-0.1, -0.05) is 6.07 Å². The van der Waals surface area contributed by atoms with Crippen molar-refractivity contribution in [3.05, 3.63) is 47.7 Å². The molecule has 0 saturated carbocycles. The fourth-order valence-electron chi connectivity index (χ4n) is 1.26. The van der Waals surface area contributed by atoms with Gasteiger partial charge in [0.15, 0.2) is 11.5 Å². The molecule has 0 aliphatic carbocycles. The Bertz CT molecular complexity index is 567. The monoisotopic (exact) mass is 251 g/mol. The van der Waals surface area contributed by atoms with Gasteiger partial charge in [0.2, 0.25) is 0 Å². The lowest BCUT2D eigenvalue weighted by Crippen LogP contribution is -2.05. The summed E-state index contributed by atoms with van der Waals surface area (Å²) in [6, 6.07) is 5.85. The summed E-state index contributed by atoms with van der Waals surface area (Å²) >= 11 is 0. The van der Waals surface area contributed by atoms with Gasteiger partial charge in [-0.15, -0.1) is 10.2 Å². The van der Waals surface area contributed by atoms with Gasteiger partial charge < -0.3 is 10.4 Å². The molecule has 92 valence electrons. The van der Waals surface area contributed by atoms with Crippen molar-refractivity contribution in [2.75, 3.05) is 5.32 Å². The van der Waals surface area contributed by atoms with Crippen LogP contribution in [0.5, 0.6) is 0 Å². The predicted molar refractivity (Wildman–Crippen MR) is 58.6 cm³/mol. The Kier molecular flexibility index (Phi) is 3.13. The molecule has 1 aromatic carbocycles. The molecule has 0 atom stereocenters. The second kappa shape index (κ2) is 4.74. The molecule has 0 aliphatic rings. The lowest BCUT2D eigenvalue weighted by atomic mass is 10.3. The first-order chi connectivity index (χ1) is 8.58. The van der Waals surface area contributed by atoms with Crippen LogP contribution < -0.4 is 5.32 Å². The van der Waals surface area contributed by atoms with Crippen molar-refractivity contribution < 1.29 is 18.7 Å². The number of carboxylic acid groups (broad SMARTS) is 1. The number of benzene rings is 1. The Hall–Kier alpha value is -2.57. The maximum Gasteiger partial charge on any atom is 0.356 e. The topological polar surface area (TPSA) is 75.1 Å². The Morgan fingerprint density at radius 3 is 2.28 bits per heavy atom. The maximum absolute atomic E-state index is 13.3. The normalized spacial score (nSPS) is 10.1. The van der Waals surface area contributed by atoms with Crippen LogP contribution in [0.25, 0.3) is 0 Å². The number of anilines is 2. The molecule has 2 N–H and O–H groups in total. The molecule has 5 nitrogen and oxygen atoms in total. The van der Waals surface area contributed by atoms with Crippen LogP contribution in [-0.2, 0) is 0 Å². The van der Waals surface area contributed by atoms with Crippen molar-refractivity contribution in [3.63, 3.8) is 0 Å². The van der Waals surface area contributed by atoms with Crippen LogP contribution in [0.15, 0.2) is 30.3 Å². The standard InChI is InChI=1S/C11H7F2N3O2/c12-6-2-1-3-7(13)10(6)14-9-5-4-8(11(17)18)15-16-9/h1-5H,(H,14,16)(H,17,18). The highest BCUT2D eigenvalue weighted by Gasteiger charge is 2.10. The minimum atomic E-state index is -1.23. The zero-order chi connectivity index (χ0) is 13.1. The molecule has 0 fully saturated rings. The summed E-state index contributed by atoms with van der Waals surface area (Å²) in [6.45, 7) is 0. The van der Waals surface area contributed by atoms with E-state index in [0.29, 0.717) is 0 Å². The number of nitrogens with one attached hydrogen (secondary N) is 1. The van der Waals surface area contributed by atoms with E-state index in [2.05, 4.69) is 15.5 Å². The van der Waals surface area contributed by atoms with E-state index in [1.165, 1.54) is 18.2 Å². The molecule has 2 rings (SSSR count). The molecule has 2 aromatic rings. The van der Waals surface area contributed by atoms with E-state index >= 15 is 0 Å². The fraction of sp³-hybridized carbons (Fsp3) is 0. The summed E-state index contributed by atoms with van der Waals surface area (Å²) in [7, 11) is 0. The fourth-order valence-corrected chi connectivity index (χ4v) is 1.26. The number of nitrogens with zero attached hydrogens (tertiary/aromatic N) is 2. The second-order valence-electron chi connectivity index (χ2n) is 3.33.